The van der Waals surface area contributed by atoms with E-state index in [-0.39, 0.29) is 24.7 Å². The number of H-pyrrole nitrogens is 1. The van der Waals surface area contributed by atoms with Crippen LogP contribution in [0.2, 0.25) is 0 Å². The minimum atomic E-state index is -4.33. The monoisotopic (exact) mass is 364 g/mol. The first-order chi connectivity index (χ1) is 12.3. The molecule has 0 aliphatic rings. The number of aromatic nitrogens is 3. The lowest BCUT2D eigenvalue weighted by Gasteiger charge is -2.18. The summed E-state index contributed by atoms with van der Waals surface area (Å²) in [6, 6.07) is 7.83. The highest BCUT2D eigenvalue weighted by molar-refractivity contribution is 5.84. The van der Waals surface area contributed by atoms with E-state index in [1.165, 1.54) is 17.3 Å². The largest absolute Gasteiger partial charge is 0.406 e. The van der Waals surface area contributed by atoms with Gasteiger partial charge in [-0.05, 0) is 18.1 Å². The standard InChI is InChI=1S/C18H19F3N4O/c1-24(11-16-22-8-9-25(16)12-18(19,20)21)17(26)7-6-13-10-23-15-5-3-2-4-14(13)15/h2-5,8-10,23H,6-7,11-12H2,1H3. The Labute approximate surface area is 148 Å². The number of alkyl halides is 3. The van der Waals surface area contributed by atoms with Gasteiger partial charge in [0.05, 0.1) is 6.54 Å². The van der Waals surface area contributed by atoms with Gasteiger partial charge >= 0.3 is 6.18 Å². The normalized spacial score (nSPS) is 11.8. The number of fused-ring (bicyclic) bond motifs is 1. The fourth-order valence-electron chi connectivity index (χ4n) is 2.90. The second kappa shape index (κ2) is 7.23. The van der Waals surface area contributed by atoms with E-state index < -0.39 is 12.7 Å². The molecule has 138 valence electrons. The number of hydrogen-bond acceptors (Lipinski definition) is 2. The van der Waals surface area contributed by atoms with Crippen molar-refractivity contribution in [2.24, 2.45) is 0 Å². The molecule has 1 amide bonds. The predicted molar refractivity (Wildman–Crippen MR) is 91.4 cm³/mol. The van der Waals surface area contributed by atoms with Gasteiger partial charge in [0.15, 0.2) is 0 Å². The van der Waals surface area contributed by atoms with Gasteiger partial charge in [-0.2, -0.15) is 13.2 Å². The number of aryl methyl sites for hydroxylation is 1. The molecule has 2 aromatic heterocycles. The van der Waals surface area contributed by atoms with E-state index in [0.717, 1.165) is 21.0 Å². The van der Waals surface area contributed by atoms with E-state index in [2.05, 4.69) is 9.97 Å². The van der Waals surface area contributed by atoms with Gasteiger partial charge in [-0.25, -0.2) is 4.98 Å². The van der Waals surface area contributed by atoms with Crippen LogP contribution in [0.3, 0.4) is 0 Å². The molecule has 0 radical (unpaired) electrons. The Bertz CT molecular complexity index is 897. The second-order valence-electron chi connectivity index (χ2n) is 6.20. The third-order valence-electron chi connectivity index (χ3n) is 4.24. The van der Waals surface area contributed by atoms with E-state index in [1.807, 2.05) is 30.5 Å². The minimum absolute atomic E-state index is 0.0375. The number of hydrogen-bond donors (Lipinski definition) is 1. The zero-order valence-corrected chi connectivity index (χ0v) is 14.3. The van der Waals surface area contributed by atoms with E-state index in [9.17, 15) is 18.0 Å². The second-order valence-corrected chi connectivity index (χ2v) is 6.20. The van der Waals surface area contributed by atoms with Crippen molar-refractivity contribution < 1.29 is 18.0 Å². The number of para-hydroxylation sites is 1. The van der Waals surface area contributed by atoms with Crippen molar-refractivity contribution >= 4 is 16.8 Å². The first kappa shape index (κ1) is 18.0. The zero-order valence-electron chi connectivity index (χ0n) is 14.3. The Morgan fingerprint density at radius 3 is 2.85 bits per heavy atom. The number of halogens is 3. The summed E-state index contributed by atoms with van der Waals surface area (Å²) in [6.45, 7) is -1.07. The average molecular weight is 364 g/mol. The van der Waals surface area contributed by atoms with Gasteiger partial charge in [0.2, 0.25) is 5.91 Å². The molecule has 5 nitrogen and oxygen atoms in total. The maximum atomic E-state index is 12.6. The summed E-state index contributed by atoms with van der Waals surface area (Å²) in [4.78, 5) is 20.9. The molecule has 0 saturated heterocycles. The van der Waals surface area contributed by atoms with Crippen LogP contribution in [-0.2, 0) is 24.3 Å². The number of nitrogens with zero attached hydrogens (tertiary/aromatic N) is 3. The van der Waals surface area contributed by atoms with Gasteiger partial charge in [-0.15, -0.1) is 0 Å². The molecule has 8 heteroatoms. The maximum absolute atomic E-state index is 12.6. The predicted octanol–water partition coefficient (Wildman–Crippen LogP) is 3.52. The van der Waals surface area contributed by atoms with E-state index >= 15 is 0 Å². The number of nitrogens with one attached hydrogen (secondary N) is 1. The molecule has 0 aliphatic carbocycles. The van der Waals surface area contributed by atoms with Crippen LogP contribution >= 0.6 is 0 Å². The Balaban J connectivity index is 1.59. The number of benzene rings is 1. The molecule has 0 spiro atoms. The first-order valence-corrected chi connectivity index (χ1v) is 8.19. The van der Waals surface area contributed by atoms with Gasteiger partial charge < -0.3 is 14.5 Å². The van der Waals surface area contributed by atoms with Gasteiger partial charge in [0, 0.05) is 43.0 Å². The number of aromatic amines is 1. The summed E-state index contributed by atoms with van der Waals surface area (Å²) in [7, 11) is 1.57. The molecule has 1 aromatic carbocycles. The number of amides is 1. The molecule has 2 heterocycles. The molecule has 3 rings (SSSR count). The fourth-order valence-corrected chi connectivity index (χ4v) is 2.90. The molecule has 0 bridgehead atoms. The summed E-state index contributed by atoms with van der Waals surface area (Å²) in [5, 5.41) is 1.07. The molecular formula is C18H19F3N4O. The number of imidazole rings is 1. The lowest BCUT2D eigenvalue weighted by molar-refractivity contribution is -0.141. The van der Waals surface area contributed by atoms with Crippen LogP contribution in [0, 0.1) is 0 Å². The zero-order chi connectivity index (χ0) is 18.7. The van der Waals surface area contributed by atoms with Crippen LogP contribution in [0.5, 0.6) is 0 Å². The Kier molecular flexibility index (Phi) is 5.01. The molecule has 0 unspecified atom stereocenters. The summed E-state index contributed by atoms with van der Waals surface area (Å²) in [6.07, 6.45) is 0.974. The molecule has 0 saturated carbocycles. The third-order valence-corrected chi connectivity index (χ3v) is 4.24. The van der Waals surface area contributed by atoms with Crippen molar-refractivity contribution in [1.29, 1.82) is 0 Å². The molecule has 1 N–H and O–H groups in total. The molecule has 0 atom stereocenters. The number of carbonyl (C=O) groups is 1. The van der Waals surface area contributed by atoms with Gasteiger partial charge in [0.1, 0.15) is 12.4 Å². The smallest absolute Gasteiger partial charge is 0.361 e. The van der Waals surface area contributed by atoms with Crippen molar-refractivity contribution in [3.63, 3.8) is 0 Å². The van der Waals surface area contributed by atoms with Crippen LogP contribution in [0.1, 0.15) is 17.8 Å². The van der Waals surface area contributed by atoms with Crippen molar-refractivity contribution in [2.75, 3.05) is 7.05 Å². The number of rotatable bonds is 6. The van der Waals surface area contributed by atoms with Crippen LogP contribution in [0.25, 0.3) is 10.9 Å². The highest BCUT2D eigenvalue weighted by Gasteiger charge is 2.29. The van der Waals surface area contributed by atoms with Crippen molar-refractivity contribution in [3.8, 4) is 0 Å². The topological polar surface area (TPSA) is 53.9 Å². The van der Waals surface area contributed by atoms with Crippen molar-refractivity contribution in [2.45, 2.75) is 32.1 Å². The lowest BCUT2D eigenvalue weighted by Crippen LogP contribution is -2.29. The molecular weight excluding hydrogens is 345 g/mol. The summed E-state index contributed by atoms with van der Waals surface area (Å²) in [5.41, 5.74) is 2.05. The van der Waals surface area contributed by atoms with Gasteiger partial charge in [-0.3, -0.25) is 4.79 Å². The van der Waals surface area contributed by atoms with E-state index in [4.69, 9.17) is 0 Å². The summed E-state index contributed by atoms with van der Waals surface area (Å²) >= 11 is 0. The molecule has 3 aromatic rings. The van der Waals surface area contributed by atoms with Crippen molar-refractivity contribution in [1.82, 2.24) is 19.4 Å². The van der Waals surface area contributed by atoms with Crippen LogP contribution in [-0.4, -0.2) is 38.6 Å². The highest BCUT2D eigenvalue weighted by atomic mass is 19.4. The van der Waals surface area contributed by atoms with Crippen LogP contribution < -0.4 is 0 Å². The molecule has 26 heavy (non-hydrogen) atoms. The van der Waals surface area contributed by atoms with Crippen LogP contribution in [0.15, 0.2) is 42.9 Å². The van der Waals surface area contributed by atoms with Crippen LogP contribution in [0.4, 0.5) is 13.2 Å². The Morgan fingerprint density at radius 2 is 2.08 bits per heavy atom. The maximum Gasteiger partial charge on any atom is 0.406 e. The van der Waals surface area contributed by atoms with Gasteiger partial charge in [-0.1, -0.05) is 18.2 Å². The van der Waals surface area contributed by atoms with Crippen molar-refractivity contribution in [3.05, 3.63) is 54.2 Å². The number of carbonyl (C=O) groups excluding carboxylic acids is 1. The van der Waals surface area contributed by atoms with E-state index in [0.29, 0.717) is 6.42 Å². The summed E-state index contributed by atoms with van der Waals surface area (Å²) < 4.78 is 38.7. The van der Waals surface area contributed by atoms with E-state index in [1.54, 1.807) is 7.05 Å². The molecule has 0 aliphatic heterocycles. The SMILES string of the molecule is CN(Cc1nccn1CC(F)(F)F)C(=O)CCc1c[nH]c2ccccc12. The fraction of sp³-hybridized carbons (Fsp3) is 0.333. The quantitative estimate of drug-likeness (QED) is 0.728. The van der Waals surface area contributed by atoms with Gasteiger partial charge in [0.25, 0.3) is 0 Å². The Morgan fingerprint density at radius 1 is 1.31 bits per heavy atom. The minimum Gasteiger partial charge on any atom is -0.361 e. The Hall–Kier alpha value is -2.77. The summed E-state index contributed by atoms with van der Waals surface area (Å²) in [5.74, 6) is 0.0714. The third kappa shape index (κ3) is 4.25. The first-order valence-electron chi connectivity index (χ1n) is 8.19. The average Bonchev–Trinajstić information content (AvgIpc) is 3.18. The lowest BCUT2D eigenvalue weighted by atomic mass is 10.1. The highest BCUT2D eigenvalue weighted by Crippen LogP contribution is 2.20. The molecule has 0 fully saturated rings.